The van der Waals surface area contributed by atoms with Crippen LogP contribution in [0, 0.1) is 6.92 Å². The molecule has 0 bridgehead atoms. The Morgan fingerprint density at radius 1 is 1.14 bits per heavy atom. The van der Waals surface area contributed by atoms with E-state index < -0.39 is 10.0 Å². The maximum atomic E-state index is 12.6. The fraction of sp³-hybridized carbons (Fsp3) is 0.350. The summed E-state index contributed by atoms with van der Waals surface area (Å²) in [5, 5.41) is 3.47. The molecule has 8 heteroatoms. The van der Waals surface area contributed by atoms with Crippen molar-refractivity contribution in [1.29, 1.82) is 0 Å². The van der Waals surface area contributed by atoms with E-state index in [1.807, 2.05) is 13.0 Å². The minimum absolute atomic E-state index is 0.115. The number of benzene rings is 2. The maximum absolute atomic E-state index is 12.6. The van der Waals surface area contributed by atoms with Crippen molar-refractivity contribution in [2.24, 2.45) is 0 Å². The van der Waals surface area contributed by atoms with Gasteiger partial charge in [-0.3, -0.25) is 4.79 Å². The van der Waals surface area contributed by atoms with Gasteiger partial charge < -0.3 is 10.1 Å². The number of nitrogens with one attached hydrogen (secondary N) is 1. The lowest BCUT2D eigenvalue weighted by molar-refractivity contribution is -0.116. The lowest BCUT2D eigenvalue weighted by atomic mass is 10.1. The van der Waals surface area contributed by atoms with E-state index in [9.17, 15) is 13.2 Å². The van der Waals surface area contributed by atoms with E-state index in [-0.39, 0.29) is 10.8 Å². The van der Waals surface area contributed by atoms with Gasteiger partial charge in [-0.1, -0.05) is 29.8 Å². The van der Waals surface area contributed by atoms with Gasteiger partial charge in [0, 0.05) is 30.2 Å². The number of aryl methyl sites for hydroxylation is 1. The zero-order valence-electron chi connectivity index (χ0n) is 15.7. The van der Waals surface area contributed by atoms with Gasteiger partial charge in [-0.05, 0) is 48.7 Å². The zero-order valence-corrected chi connectivity index (χ0v) is 17.2. The van der Waals surface area contributed by atoms with Crippen LogP contribution in [0.5, 0.6) is 0 Å². The van der Waals surface area contributed by atoms with Crippen molar-refractivity contribution in [2.75, 3.05) is 31.6 Å². The molecule has 0 atom stereocenters. The Hall–Kier alpha value is -1.93. The second-order valence-electron chi connectivity index (χ2n) is 6.62. The standard InChI is InChI=1S/C20H23ClN2O4S/c1-15-18(21)3-2-4-19(15)22-20(24)10-7-16-5-8-17(9-6-16)28(25,26)23-11-13-27-14-12-23/h2-6,8-9H,7,10-14H2,1H3,(H,22,24). The second kappa shape index (κ2) is 9.05. The van der Waals surface area contributed by atoms with Crippen LogP contribution in [0.3, 0.4) is 0 Å². The van der Waals surface area contributed by atoms with Gasteiger partial charge in [0.15, 0.2) is 0 Å². The van der Waals surface area contributed by atoms with Crippen molar-refractivity contribution in [1.82, 2.24) is 4.31 Å². The molecule has 2 aromatic rings. The van der Waals surface area contributed by atoms with Gasteiger partial charge in [0.05, 0.1) is 18.1 Å². The van der Waals surface area contributed by atoms with Crippen LogP contribution in [-0.2, 0) is 26.0 Å². The van der Waals surface area contributed by atoms with Crippen molar-refractivity contribution >= 4 is 33.2 Å². The predicted octanol–water partition coefficient (Wildman–Crippen LogP) is 3.24. The van der Waals surface area contributed by atoms with E-state index in [1.54, 1.807) is 36.4 Å². The summed E-state index contributed by atoms with van der Waals surface area (Å²) in [7, 11) is -3.50. The van der Waals surface area contributed by atoms with Crippen LogP contribution < -0.4 is 5.32 Å². The molecule has 0 spiro atoms. The third-order valence-corrected chi connectivity index (χ3v) is 7.04. The smallest absolute Gasteiger partial charge is 0.243 e. The Morgan fingerprint density at radius 2 is 1.82 bits per heavy atom. The normalized spacial score (nSPS) is 15.4. The van der Waals surface area contributed by atoms with Crippen LogP contribution in [0.25, 0.3) is 0 Å². The first kappa shape index (κ1) is 20.8. The first-order valence-electron chi connectivity index (χ1n) is 9.10. The number of halogens is 1. The molecule has 1 aliphatic rings. The van der Waals surface area contributed by atoms with Crippen LogP contribution in [0.2, 0.25) is 5.02 Å². The molecular weight excluding hydrogens is 400 g/mol. The summed E-state index contributed by atoms with van der Waals surface area (Å²) in [5.41, 5.74) is 2.43. The molecular formula is C20H23ClN2O4S. The fourth-order valence-corrected chi connectivity index (χ4v) is 4.56. The molecule has 6 nitrogen and oxygen atoms in total. The average molecular weight is 423 g/mol. The van der Waals surface area contributed by atoms with Gasteiger partial charge in [-0.25, -0.2) is 8.42 Å². The molecule has 1 N–H and O–H groups in total. The second-order valence-corrected chi connectivity index (χ2v) is 8.97. The number of anilines is 1. The third kappa shape index (κ3) is 4.91. The van der Waals surface area contributed by atoms with E-state index in [0.29, 0.717) is 49.9 Å². The highest BCUT2D eigenvalue weighted by Crippen LogP contribution is 2.23. The van der Waals surface area contributed by atoms with Gasteiger partial charge in [0.2, 0.25) is 15.9 Å². The van der Waals surface area contributed by atoms with Crippen molar-refractivity contribution < 1.29 is 17.9 Å². The third-order valence-electron chi connectivity index (χ3n) is 4.71. The van der Waals surface area contributed by atoms with Crippen LogP contribution in [0.15, 0.2) is 47.4 Å². The summed E-state index contributed by atoms with van der Waals surface area (Å²) in [6.45, 7) is 3.42. The number of hydrogen-bond acceptors (Lipinski definition) is 4. The Labute approximate surface area is 170 Å². The summed E-state index contributed by atoms with van der Waals surface area (Å²) in [4.78, 5) is 12.5. The average Bonchev–Trinajstić information content (AvgIpc) is 2.71. The molecule has 0 saturated carbocycles. The van der Waals surface area contributed by atoms with Gasteiger partial charge >= 0.3 is 0 Å². The molecule has 28 heavy (non-hydrogen) atoms. The molecule has 0 aromatic heterocycles. The Morgan fingerprint density at radius 3 is 2.50 bits per heavy atom. The highest BCUT2D eigenvalue weighted by atomic mass is 35.5. The number of carbonyl (C=O) groups is 1. The van der Waals surface area contributed by atoms with E-state index in [0.717, 1.165) is 11.1 Å². The molecule has 1 heterocycles. The fourth-order valence-electron chi connectivity index (χ4n) is 2.98. The molecule has 2 aromatic carbocycles. The summed E-state index contributed by atoms with van der Waals surface area (Å²) >= 11 is 6.07. The lowest BCUT2D eigenvalue weighted by Crippen LogP contribution is -2.40. The molecule has 0 unspecified atom stereocenters. The quantitative estimate of drug-likeness (QED) is 0.775. The summed E-state index contributed by atoms with van der Waals surface area (Å²) < 4.78 is 31.9. The van der Waals surface area contributed by atoms with E-state index >= 15 is 0 Å². The van der Waals surface area contributed by atoms with E-state index in [4.69, 9.17) is 16.3 Å². The van der Waals surface area contributed by atoms with Crippen LogP contribution in [0.4, 0.5) is 5.69 Å². The van der Waals surface area contributed by atoms with E-state index in [2.05, 4.69) is 5.32 Å². The van der Waals surface area contributed by atoms with Crippen LogP contribution in [0.1, 0.15) is 17.5 Å². The van der Waals surface area contributed by atoms with E-state index in [1.165, 1.54) is 4.31 Å². The number of amides is 1. The number of morpholine rings is 1. The minimum atomic E-state index is -3.50. The summed E-state index contributed by atoms with van der Waals surface area (Å²) in [5.74, 6) is -0.115. The monoisotopic (exact) mass is 422 g/mol. The van der Waals surface area contributed by atoms with Gasteiger partial charge in [-0.2, -0.15) is 4.31 Å². The first-order valence-corrected chi connectivity index (χ1v) is 10.9. The van der Waals surface area contributed by atoms with Crippen molar-refractivity contribution in [3.05, 3.63) is 58.6 Å². The number of ether oxygens (including phenoxy) is 1. The molecule has 1 fully saturated rings. The Bertz CT molecular complexity index is 939. The number of nitrogens with zero attached hydrogens (tertiary/aromatic N) is 1. The Kier molecular flexibility index (Phi) is 6.72. The van der Waals surface area contributed by atoms with Crippen molar-refractivity contribution in [3.8, 4) is 0 Å². The summed E-state index contributed by atoms with van der Waals surface area (Å²) in [6, 6.07) is 12.1. The Balaban J connectivity index is 1.58. The predicted molar refractivity (Wildman–Crippen MR) is 109 cm³/mol. The highest BCUT2D eigenvalue weighted by Gasteiger charge is 2.26. The lowest BCUT2D eigenvalue weighted by Gasteiger charge is -2.26. The van der Waals surface area contributed by atoms with Crippen molar-refractivity contribution in [2.45, 2.75) is 24.7 Å². The summed E-state index contributed by atoms with van der Waals surface area (Å²) in [6.07, 6.45) is 0.810. The SMILES string of the molecule is Cc1c(Cl)cccc1NC(=O)CCc1ccc(S(=O)(=O)N2CCOCC2)cc1. The maximum Gasteiger partial charge on any atom is 0.243 e. The van der Waals surface area contributed by atoms with Gasteiger partial charge in [0.1, 0.15) is 0 Å². The topological polar surface area (TPSA) is 75.7 Å². The molecule has 150 valence electrons. The molecule has 1 saturated heterocycles. The zero-order chi connectivity index (χ0) is 20.1. The first-order chi connectivity index (χ1) is 13.4. The minimum Gasteiger partial charge on any atom is -0.379 e. The van der Waals surface area contributed by atoms with Gasteiger partial charge in [-0.15, -0.1) is 0 Å². The molecule has 3 rings (SSSR count). The number of sulfonamides is 1. The number of carbonyl (C=O) groups excluding carboxylic acids is 1. The van der Waals surface area contributed by atoms with Crippen LogP contribution >= 0.6 is 11.6 Å². The molecule has 0 aliphatic carbocycles. The van der Waals surface area contributed by atoms with Gasteiger partial charge in [0.25, 0.3) is 0 Å². The largest absolute Gasteiger partial charge is 0.379 e. The van der Waals surface area contributed by atoms with Crippen molar-refractivity contribution in [3.63, 3.8) is 0 Å². The number of rotatable bonds is 6. The molecule has 1 amide bonds. The molecule has 0 radical (unpaired) electrons. The number of hydrogen-bond donors (Lipinski definition) is 1. The highest BCUT2D eigenvalue weighted by molar-refractivity contribution is 7.89. The molecule has 1 aliphatic heterocycles. The van der Waals surface area contributed by atoms with Crippen LogP contribution in [-0.4, -0.2) is 44.9 Å².